The molecule has 0 radical (unpaired) electrons. The van der Waals surface area contributed by atoms with E-state index in [-0.39, 0.29) is 0 Å². The largest absolute Gasteiger partial charge is 0.378 e. The lowest BCUT2D eigenvalue weighted by Crippen LogP contribution is -2.47. The van der Waals surface area contributed by atoms with Gasteiger partial charge >= 0.3 is 0 Å². The summed E-state index contributed by atoms with van der Waals surface area (Å²) in [4.78, 5) is 9.76. The van der Waals surface area contributed by atoms with Crippen molar-refractivity contribution in [2.45, 2.75) is 64.6 Å². The molecule has 2 aliphatic rings. The number of likely N-dealkylation sites (N-methyl/N-ethyl adjacent to an activating group) is 1. The van der Waals surface area contributed by atoms with Gasteiger partial charge in [0.15, 0.2) is 5.96 Å². The van der Waals surface area contributed by atoms with E-state index in [1.807, 2.05) is 0 Å². The Kier molecular flexibility index (Phi) is 6.96. The average molecular weight is 310 g/mol. The van der Waals surface area contributed by atoms with Gasteiger partial charge in [0.1, 0.15) is 0 Å². The second kappa shape index (κ2) is 8.73. The summed E-state index contributed by atoms with van der Waals surface area (Å²) in [6.45, 7) is 11.2. The summed E-state index contributed by atoms with van der Waals surface area (Å²) >= 11 is 0. The van der Waals surface area contributed by atoms with Gasteiger partial charge in [-0.25, -0.2) is 0 Å². The van der Waals surface area contributed by atoms with Crippen LogP contribution in [0.3, 0.4) is 0 Å². The lowest BCUT2D eigenvalue weighted by atomic mass is 10.1. The van der Waals surface area contributed by atoms with Gasteiger partial charge in [-0.3, -0.25) is 9.89 Å². The smallest absolute Gasteiger partial charge is 0.193 e. The molecule has 0 amide bonds. The lowest BCUT2D eigenvalue weighted by molar-refractivity contribution is 0.0263. The number of likely N-dealkylation sites (tertiary alicyclic amines) is 1. The van der Waals surface area contributed by atoms with Crippen molar-refractivity contribution >= 4 is 5.96 Å². The Labute approximate surface area is 136 Å². The van der Waals surface area contributed by atoms with Crippen molar-refractivity contribution in [3.63, 3.8) is 0 Å². The number of rotatable bonds is 7. The highest BCUT2D eigenvalue weighted by molar-refractivity contribution is 5.80. The molecule has 22 heavy (non-hydrogen) atoms. The van der Waals surface area contributed by atoms with E-state index in [1.54, 1.807) is 0 Å². The predicted octanol–water partition coefficient (Wildman–Crippen LogP) is 1.94. The van der Waals surface area contributed by atoms with Crippen molar-refractivity contribution in [2.24, 2.45) is 4.99 Å². The summed E-state index contributed by atoms with van der Waals surface area (Å²) in [5, 5.41) is 3.45. The molecule has 0 spiro atoms. The van der Waals surface area contributed by atoms with Gasteiger partial charge in [0, 0.05) is 38.3 Å². The second-order valence-electron chi connectivity index (χ2n) is 6.58. The molecule has 2 fully saturated rings. The van der Waals surface area contributed by atoms with Crippen LogP contribution >= 0.6 is 0 Å². The molecule has 0 aromatic rings. The number of ether oxygens (including phenoxy) is 1. The predicted molar refractivity (Wildman–Crippen MR) is 92.4 cm³/mol. The Balaban J connectivity index is 1.84. The van der Waals surface area contributed by atoms with Crippen LogP contribution in [0.5, 0.6) is 0 Å². The van der Waals surface area contributed by atoms with E-state index in [9.17, 15) is 0 Å². The van der Waals surface area contributed by atoms with E-state index in [0.29, 0.717) is 12.1 Å². The first-order chi connectivity index (χ1) is 10.7. The summed E-state index contributed by atoms with van der Waals surface area (Å²) < 4.78 is 5.74. The molecule has 1 aliphatic carbocycles. The van der Waals surface area contributed by atoms with Crippen LogP contribution in [0, 0.1) is 0 Å². The average Bonchev–Trinajstić information content (AvgIpc) is 3.36. The molecule has 1 atom stereocenters. The van der Waals surface area contributed by atoms with Gasteiger partial charge in [-0.05, 0) is 53.5 Å². The van der Waals surface area contributed by atoms with E-state index in [1.165, 1.54) is 12.8 Å². The maximum Gasteiger partial charge on any atom is 0.193 e. The Bertz CT molecular complexity index is 349. The Morgan fingerprint density at radius 3 is 2.50 bits per heavy atom. The van der Waals surface area contributed by atoms with Crippen molar-refractivity contribution in [1.82, 2.24) is 15.1 Å². The fourth-order valence-electron chi connectivity index (χ4n) is 3.08. The summed E-state index contributed by atoms with van der Waals surface area (Å²) in [5.41, 5.74) is 0. The van der Waals surface area contributed by atoms with Gasteiger partial charge in [0.2, 0.25) is 0 Å². The van der Waals surface area contributed by atoms with E-state index in [0.717, 1.165) is 57.6 Å². The first kappa shape index (κ1) is 17.5. The molecule has 1 aliphatic heterocycles. The molecule has 5 heteroatoms. The normalized spacial score (nSPS) is 22.2. The molecular formula is C17H34N4O. The molecule has 2 rings (SSSR count). The van der Waals surface area contributed by atoms with Crippen molar-refractivity contribution in [2.75, 3.05) is 39.8 Å². The van der Waals surface area contributed by atoms with Gasteiger partial charge < -0.3 is 15.0 Å². The number of hydrogen-bond donors (Lipinski definition) is 1. The third-order valence-corrected chi connectivity index (χ3v) is 4.80. The fourth-order valence-corrected chi connectivity index (χ4v) is 3.08. The molecule has 0 bridgehead atoms. The van der Waals surface area contributed by atoms with Crippen LogP contribution in [0.4, 0.5) is 0 Å². The fraction of sp³-hybridized carbons (Fsp3) is 0.941. The van der Waals surface area contributed by atoms with E-state index in [4.69, 9.17) is 9.73 Å². The van der Waals surface area contributed by atoms with Gasteiger partial charge in [0.25, 0.3) is 0 Å². The molecule has 1 unspecified atom stereocenters. The van der Waals surface area contributed by atoms with E-state index in [2.05, 4.69) is 42.9 Å². The number of nitrogens with zero attached hydrogens (tertiary/aromatic N) is 3. The third kappa shape index (κ3) is 5.13. The zero-order chi connectivity index (χ0) is 15.9. The van der Waals surface area contributed by atoms with Crippen molar-refractivity contribution in [3.8, 4) is 0 Å². The first-order valence-electron chi connectivity index (χ1n) is 9.02. The van der Waals surface area contributed by atoms with Crippen LogP contribution < -0.4 is 5.32 Å². The van der Waals surface area contributed by atoms with Crippen LogP contribution in [0.15, 0.2) is 4.99 Å². The Hall–Kier alpha value is -0.810. The number of nitrogens with one attached hydrogen (secondary N) is 1. The monoisotopic (exact) mass is 310 g/mol. The minimum absolute atomic E-state index is 0.434. The van der Waals surface area contributed by atoms with E-state index >= 15 is 0 Å². The summed E-state index contributed by atoms with van der Waals surface area (Å²) in [7, 11) is 2.23. The topological polar surface area (TPSA) is 40.1 Å². The highest BCUT2D eigenvalue weighted by atomic mass is 16.5. The SMILES string of the molecule is CCNC(=NCC(C)N(C)C1CC1)N1CCC(OCC)CC1. The zero-order valence-corrected chi connectivity index (χ0v) is 14.8. The van der Waals surface area contributed by atoms with Crippen LogP contribution in [0.1, 0.15) is 46.5 Å². The molecule has 1 saturated carbocycles. The Morgan fingerprint density at radius 1 is 1.27 bits per heavy atom. The Morgan fingerprint density at radius 2 is 1.95 bits per heavy atom. The van der Waals surface area contributed by atoms with Crippen LogP contribution in [0.2, 0.25) is 0 Å². The number of piperidine rings is 1. The molecule has 1 saturated heterocycles. The van der Waals surface area contributed by atoms with Gasteiger partial charge in [0.05, 0.1) is 12.6 Å². The van der Waals surface area contributed by atoms with Gasteiger partial charge in [-0.15, -0.1) is 0 Å². The lowest BCUT2D eigenvalue weighted by Gasteiger charge is -2.34. The molecular weight excluding hydrogens is 276 g/mol. The van der Waals surface area contributed by atoms with Crippen molar-refractivity contribution in [3.05, 3.63) is 0 Å². The molecule has 128 valence electrons. The standard InChI is InChI=1S/C17H34N4O/c1-5-18-17(19-13-14(3)20(4)15-7-8-15)21-11-9-16(10-12-21)22-6-2/h14-16H,5-13H2,1-4H3,(H,18,19). The number of guanidine groups is 1. The highest BCUT2D eigenvalue weighted by Gasteiger charge is 2.29. The third-order valence-electron chi connectivity index (χ3n) is 4.80. The molecule has 5 nitrogen and oxygen atoms in total. The second-order valence-corrected chi connectivity index (χ2v) is 6.58. The highest BCUT2D eigenvalue weighted by Crippen LogP contribution is 2.26. The maximum atomic E-state index is 5.74. The summed E-state index contributed by atoms with van der Waals surface area (Å²) in [6.07, 6.45) is 5.36. The minimum atomic E-state index is 0.434. The summed E-state index contributed by atoms with van der Waals surface area (Å²) in [6, 6.07) is 1.32. The summed E-state index contributed by atoms with van der Waals surface area (Å²) in [5.74, 6) is 1.08. The molecule has 1 heterocycles. The van der Waals surface area contributed by atoms with Crippen molar-refractivity contribution in [1.29, 1.82) is 0 Å². The quantitative estimate of drug-likeness (QED) is 0.576. The van der Waals surface area contributed by atoms with E-state index < -0.39 is 0 Å². The van der Waals surface area contributed by atoms with Crippen LogP contribution in [-0.2, 0) is 4.74 Å². The number of aliphatic imine (C=N–C) groups is 1. The van der Waals surface area contributed by atoms with Crippen LogP contribution in [0.25, 0.3) is 0 Å². The van der Waals surface area contributed by atoms with Gasteiger partial charge in [-0.1, -0.05) is 0 Å². The molecule has 1 N–H and O–H groups in total. The zero-order valence-electron chi connectivity index (χ0n) is 14.8. The molecule has 0 aromatic heterocycles. The first-order valence-corrected chi connectivity index (χ1v) is 9.02. The minimum Gasteiger partial charge on any atom is -0.378 e. The van der Waals surface area contributed by atoms with Crippen molar-refractivity contribution < 1.29 is 4.74 Å². The maximum absolute atomic E-state index is 5.74. The van der Waals surface area contributed by atoms with Gasteiger partial charge in [-0.2, -0.15) is 0 Å². The molecule has 0 aromatic carbocycles. The van der Waals surface area contributed by atoms with Crippen LogP contribution in [-0.4, -0.2) is 73.8 Å². The number of hydrogen-bond acceptors (Lipinski definition) is 3.